The van der Waals surface area contributed by atoms with Gasteiger partial charge in [0.2, 0.25) is 6.19 Å². The topological polar surface area (TPSA) is 82.8 Å². The van der Waals surface area contributed by atoms with E-state index in [0.717, 1.165) is 51.3 Å². The monoisotopic (exact) mass is 602 g/mol. The van der Waals surface area contributed by atoms with E-state index in [4.69, 9.17) is 41.3 Å². The number of nitrogens with zero attached hydrogens (tertiary/aromatic N) is 6. The van der Waals surface area contributed by atoms with Crippen molar-refractivity contribution in [2.24, 2.45) is 4.99 Å². The molecule has 0 radical (unpaired) electrons. The van der Waals surface area contributed by atoms with Crippen LogP contribution in [-0.2, 0) is 6.54 Å². The number of nitriles is 1. The van der Waals surface area contributed by atoms with Gasteiger partial charge in [0.15, 0.2) is 5.17 Å². The molecule has 14 heteroatoms. The van der Waals surface area contributed by atoms with Crippen LogP contribution in [0.25, 0.3) is 0 Å². The molecule has 1 aromatic rings. The van der Waals surface area contributed by atoms with Crippen molar-refractivity contribution in [3.63, 3.8) is 0 Å². The van der Waals surface area contributed by atoms with E-state index in [-0.39, 0.29) is 12.3 Å². The summed E-state index contributed by atoms with van der Waals surface area (Å²) in [5.74, 6) is 0.974. The molecule has 3 aliphatic heterocycles. The van der Waals surface area contributed by atoms with Gasteiger partial charge >= 0.3 is 0 Å². The first-order valence-corrected chi connectivity index (χ1v) is 15.5. The Balaban J connectivity index is 0.000000205. The second-order valence-electron chi connectivity index (χ2n) is 8.38. The summed E-state index contributed by atoms with van der Waals surface area (Å²) in [6, 6.07) is 3.70. The first-order valence-electron chi connectivity index (χ1n) is 11.6. The second-order valence-corrected chi connectivity index (χ2v) is 13.8. The van der Waals surface area contributed by atoms with Gasteiger partial charge in [0.25, 0.3) is 0 Å². The molecule has 4 heterocycles. The Morgan fingerprint density at radius 3 is 2.14 bits per heavy atom. The van der Waals surface area contributed by atoms with Gasteiger partial charge in [0.05, 0.1) is 23.1 Å². The third-order valence-corrected chi connectivity index (χ3v) is 9.78. The highest BCUT2D eigenvalue weighted by molar-refractivity contribution is 8.23. The number of thioether (sulfide) groups is 3. The number of nitrogens with one attached hydrogen (secondary N) is 2. The summed E-state index contributed by atoms with van der Waals surface area (Å²) in [5, 5.41) is 17.6. The van der Waals surface area contributed by atoms with Gasteiger partial charge in [0, 0.05) is 38.1 Å². The fourth-order valence-corrected chi connectivity index (χ4v) is 8.23. The second kappa shape index (κ2) is 14.3. The number of aliphatic imine (C=N–C) groups is 1. The van der Waals surface area contributed by atoms with Gasteiger partial charge in [-0.2, -0.15) is 5.26 Å². The first-order chi connectivity index (χ1) is 17.2. The van der Waals surface area contributed by atoms with Crippen LogP contribution in [0.2, 0.25) is 5.15 Å². The minimum atomic E-state index is 0.284. The van der Waals surface area contributed by atoms with Gasteiger partial charge in [-0.15, -0.1) is 4.99 Å². The Morgan fingerprint density at radius 2 is 1.67 bits per heavy atom. The zero-order valence-corrected chi connectivity index (χ0v) is 25.5. The number of halogens is 1. The first kappa shape index (κ1) is 29.7. The summed E-state index contributed by atoms with van der Waals surface area (Å²) in [5.41, 5.74) is 1.07. The molecular weight excluding hydrogens is 572 g/mol. The van der Waals surface area contributed by atoms with Crippen molar-refractivity contribution >= 4 is 85.1 Å². The smallest absolute Gasteiger partial charge is 0.208 e. The molecule has 0 amide bonds. The lowest BCUT2D eigenvalue weighted by Crippen LogP contribution is -2.58. The molecule has 0 aliphatic carbocycles. The number of hydrogen-bond acceptors (Lipinski definition) is 10. The largest absolute Gasteiger partial charge is 0.345 e. The lowest BCUT2D eigenvalue weighted by molar-refractivity contribution is 0.223. The lowest BCUT2D eigenvalue weighted by atomic mass is 10.3. The molecule has 2 N–H and O–H groups in total. The maximum atomic E-state index is 8.54. The molecule has 36 heavy (non-hydrogen) atoms. The van der Waals surface area contributed by atoms with Crippen molar-refractivity contribution < 1.29 is 0 Å². The molecule has 0 bridgehead atoms. The van der Waals surface area contributed by atoms with Crippen molar-refractivity contribution in [2.45, 2.75) is 57.3 Å². The van der Waals surface area contributed by atoms with Crippen LogP contribution in [0.5, 0.6) is 0 Å². The molecule has 3 fully saturated rings. The van der Waals surface area contributed by atoms with Crippen molar-refractivity contribution in [1.29, 1.82) is 5.26 Å². The summed E-state index contributed by atoms with van der Waals surface area (Å²) in [7, 11) is 0. The Kier molecular flexibility index (Phi) is 11.8. The molecule has 1 aromatic heterocycles. The average Bonchev–Trinajstić information content (AvgIpc) is 3.23. The molecule has 3 saturated heterocycles. The predicted octanol–water partition coefficient (Wildman–Crippen LogP) is 4.34. The van der Waals surface area contributed by atoms with E-state index in [0.29, 0.717) is 15.9 Å². The van der Waals surface area contributed by atoms with Crippen LogP contribution in [0.1, 0.15) is 33.3 Å². The maximum absolute atomic E-state index is 8.54. The molecule has 8 nitrogen and oxygen atoms in total. The molecule has 0 saturated carbocycles. The third-order valence-electron chi connectivity index (χ3n) is 5.66. The number of hydrogen-bond donors (Lipinski definition) is 2. The van der Waals surface area contributed by atoms with Gasteiger partial charge in [-0.25, -0.2) is 4.98 Å². The van der Waals surface area contributed by atoms with Crippen molar-refractivity contribution in [2.75, 3.05) is 25.4 Å². The summed E-state index contributed by atoms with van der Waals surface area (Å²) in [4.78, 5) is 14.4. The number of thiocarbonyl (C=S) groups is 2. The highest BCUT2D eigenvalue weighted by atomic mass is 35.5. The standard InChI is InChI=1S/C12H22N4S4.C10H9ClN4S/c1-7-13-9(3)19-11(17)15(7)5-6-16-8(2)14-10(4)20-12(16)18;11-9-2-1-8(5-13-9)6-15-3-4-16-10(15)14-7-12/h7-10,13-14H,5-6H2,1-4H3;1-2,5H,3-4,6H2/b;14-10-. The van der Waals surface area contributed by atoms with Crippen LogP contribution >= 0.6 is 71.3 Å². The third kappa shape index (κ3) is 8.59. The average molecular weight is 603 g/mol. The van der Waals surface area contributed by atoms with Crippen LogP contribution in [-0.4, -0.2) is 82.0 Å². The highest BCUT2D eigenvalue weighted by Crippen LogP contribution is 2.25. The quantitative estimate of drug-likeness (QED) is 0.286. The molecule has 196 valence electrons. The van der Waals surface area contributed by atoms with Crippen molar-refractivity contribution in [3.8, 4) is 6.19 Å². The van der Waals surface area contributed by atoms with E-state index in [1.165, 1.54) is 0 Å². The van der Waals surface area contributed by atoms with Crippen molar-refractivity contribution in [1.82, 2.24) is 30.3 Å². The predicted molar refractivity (Wildman–Crippen MR) is 163 cm³/mol. The maximum Gasteiger partial charge on any atom is 0.208 e. The molecule has 3 aliphatic rings. The lowest BCUT2D eigenvalue weighted by Gasteiger charge is -2.43. The highest BCUT2D eigenvalue weighted by Gasteiger charge is 2.30. The SMILES string of the molecule is CC1NC(C)N(CCN2C(=S)SC(C)NC2C)C(=S)S1.N#C/N=C1\SCCN1Cc1ccc(Cl)nc1. The Bertz CT molecular complexity index is 952. The molecule has 0 aromatic carbocycles. The molecular formula is C22H31ClN8S5. The Morgan fingerprint density at radius 1 is 1.08 bits per heavy atom. The number of pyridine rings is 1. The molecule has 4 atom stereocenters. The Labute approximate surface area is 242 Å². The summed E-state index contributed by atoms with van der Waals surface area (Å²) in [6.07, 6.45) is 4.14. The van der Waals surface area contributed by atoms with E-state index in [2.05, 4.69) is 63.0 Å². The fraction of sp³-hybridized carbons (Fsp3) is 0.591. The molecule has 4 rings (SSSR count). The van der Waals surface area contributed by atoms with Crippen LogP contribution in [0.15, 0.2) is 23.3 Å². The van der Waals surface area contributed by atoms with E-state index in [1.807, 2.05) is 12.3 Å². The van der Waals surface area contributed by atoms with Gasteiger partial charge in [0.1, 0.15) is 13.8 Å². The summed E-state index contributed by atoms with van der Waals surface area (Å²) < 4.78 is 1.96. The van der Waals surface area contributed by atoms with E-state index < -0.39 is 0 Å². The zero-order chi connectivity index (χ0) is 26.2. The number of amidine groups is 1. The van der Waals surface area contributed by atoms with E-state index in [9.17, 15) is 0 Å². The number of rotatable bonds is 5. The van der Waals surface area contributed by atoms with Crippen LogP contribution in [0.4, 0.5) is 0 Å². The normalized spacial score (nSPS) is 27.7. The van der Waals surface area contributed by atoms with Gasteiger partial charge < -0.3 is 14.7 Å². The fourth-order valence-electron chi connectivity index (χ4n) is 3.91. The van der Waals surface area contributed by atoms with Gasteiger partial charge in [-0.1, -0.05) is 77.4 Å². The minimum Gasteiger partial charge on any atom is -0.345 e. The van der Waals surface area contributed by atoms with Gasteiger partial charge in [-0.05, 0) is 39.3 Å². The van der Waals surface area contributed by atoms with E-state index >= 15 is 0 Å². The van der Waals surface area contributed by atoms with Crippen LogP contribution in [0.3, 0.4) is 0 Å². The Hall–Kier alpha value is -0.850. The molecule has 0 spiro atoms. The van der Waals surface area contributed by atoms with Crippen molar-refractivity contribution in [3.05, 3.63) is 29.0 Å². The summed E-state index contributed by atoms with van der Waals surface area (Å²) >= 11 is 21.8. The minimum absolute atomic E-state index is 0.284. The number of aromatic nitrogens is 1. The zero-order valence-electron chi connectivity index (χ0n) is 20.7. The van der Waals surface area contributed by atoms with E-state index in [1.54, 1.807) is 47.5 Å². The van der Waals surface area contributed by atoms with Crippen LogP contribution in [0, 0.1) is 11.5 Å². The van der Waals surface area contributed by atoms with Crippen LogP contribution < -0.4 is 10.6 Å². The molecule has 4 unspecified atom stereocenters. The summed E-state index contributed by atoms with van der Waals surface area (Å²) in [6.45, 7) is 12.0. The van der Waals surface area contributed by atoms with Gasteiger partial charge in [-0.3, -0.25) is 10.6 Å².